The summed E-state index contributed by atoms with van der Waals surface area (Å²) in [6.07, 6.45) is 1.50. The van der Waals surface area contributed by atoms with Crippen molar-refractivity contribution in [3.63, 3.8) is 0 Å². The minimum absolute atomic E-state index is 0.157. The van der Waals surface area contributed by atoms with Gasteiger partial charge in [-0.25, -0.2) is 8.42 Å². The molecule has 1 aliphatic rings. The lowest BCUT2D eigenvalue weighted by Crippen LogP contribution is -2.39. The fourth-order valence-electron chi connectivity index (χ4n) is 2.33. The van der Waals surface area contributed by atoms with Crippen LogP contribution in [0.4, 0.5) is 0 Å². The van der Waals surface area contributed by atoms with Gasteiger partial charge in [0.25, 0.3) is 0 Å². The maximum atomic E-state index is 12.5. The summed E-state index contributed by atoms with van der Waals surface area (Å²) in [4.78, 5) is 2.33. The van der Waals surface area contributed by atoms with E-state index in [-0.39, 0.29) is 12.5 Å². The standard InChI is InChI=1S/C12H19NO3S2/c1-9-7-12(10(2)17-9)18(15,16)13-5-3-11(8-14)4-6-13/h7,11,14H,3-6,8H2,1-2H3. The highest BCUT2D eigenvalue weighted by Crippen LogP contribution is 2.30. The molecule has 2 rings (SSSR count). The number of rotatable bonds is 3. The van der Waals surface area contributed by atoms with Gasteiger partial charge in [-0.05, 0) is 38.7 Å². The number of hydrogen-bond acceptors (Lipinski definition) is 4. The van der Waals surface area contributed by atoms with Crippen molar-refractivity contribution in [1.29, 1.82) is 0 Å². The zero-order chi connectivity index (χ0) is 13.3. The van der Waals surface area contributed by atoms with Crippen LogP contribution in [0.15, 0.2) is 11.0 Å². The predicted octanol–water partition coefficient (Wildman–Crippen LogP) is 1.76. The zero-order valence-electron chi connectivity index (χ0n) is 10.7. The second kappa shape index (κ2) is 5.28. The van der Waals surface area contributed by atoms with Crippen molar-refractivity contribution in [2.75, 3.05) is 19.7 Å². The lowest BCUT2D eigenvalue weighted by molar-refractivity contribution is 0.170. The smallest absolute Gasteiger partial charge is 0.244 e. The van der Waals surface area contributed by atoms with Crippen molar-refractivity contribution in [3.8, 4) is 0 Å². The molecule has 1 aromatic heterocycles. The highest BCUT2D eigenvalue weighted by Gasteiger charge is 2.30. The summed E-state index contributed by atoms with van der Waals surface area (Å²) in [6.45, 7) is 4.97. The fourth-order valence-corrected chi connectivity index (χ4v) is 5.33. The number of aryl methyl sites for hydroxylation is 2. The summed E-state index contributed by atoms with van der Waals surface area (Å²) < 4.78 is 26.5. The Bertz CT molecular complexity index is 513. The number of aliphatic hydroxyl groups is 1. The fraction of sp³-hybridized carbons (Fsp3) is 0.667. The number of piperidine rings is 1. The monoisotopic (exact) mass is 289 g/mol. The number of hydrogen-bond donors (Lipinski definition) is 1. The molecule has 18 heavy (non-hydrogen) atoms. The summed E-state index contributed by atoms with van der Waals surface area (Å²) in [7, 11) is -3.34. The molecule has 0 aromatic carbocycles. The third kappa shape index (κ3) is 2.61. The molecule has 4 nitrogen and oxygen atoms in total. The summed E-state index contributed by atoms with van der Waals surface area (Å²) in [5.74, 6) is 0.252. The Balaban J connectivity index is 2.20. The van der Waals surface area contributed by atoms with E-state index in [0.717, 1.165) is 22.6 Å². The van der Waals surface area contributed by atoms with Crippen LogP contribution < -0.4 is 0 Å². The van der Waals surface area contributed by atoms with Gasteiger partial charge in [0.05, 0.1) is 4.90 Å². The Kier molecular flexibility index (Phi) is 4.11. The quantitative estimate of drug-likeness (QED) is 0.922. The molecule has 6 heteroatoms. The van der Waals surface area contributed by atoms with Gasteiger partial charge in [0.1, 0.15) is 0 Å². The normalized spacial score (nSPS) is 19.3. The third-order valence-electron chi connectivity index (χ3n) is 3.44. The van der Waals surface area contributed by atoms with Crippen LogP contribution in [0.25, 0.3) is 0 Å². The van der Waals surface area contributed by atoms with Crippen LogP contribution >= 0.6 is 11.3 Å². The van der Waals surface area contributed by atoms with Crippen LogP contribution in [-0.4, -0.2) is 37.5 Å². The first-order chi connectivity index (χ1) is 8.45. The average molecular weight is 289 g/mol. The van der Waals surface area contributed by atoms with Gasteiger partial charge in [-0.2, -0.15) is 4.31 Å². The third-order valence-corrected chi connectivity index (χ3v) is 6.56. The summed E-state index contributed by atoms with van der Waals surface area (Å²) >= 11 is 1.52. The molecule has 1 aliphatic heterocycles. The Morgan fingerprint density at radius 3 is 2.44 bits per heavy atom. The average Bonchev–Trinajstić information content (AvgIpc) is 2.69. The van der Waals surface area contributed by atoms with E-state index >= 15 is 0 Å². The van der Waals surface area contributed by atoms with Crippen LogP contribution in [0.1, 0.15) is 22.6 Å². The molecule has 102 valence electrons. The molecule has 2 heterocycles. The Hall–Kier alpha value is -0.430. The number of nitrogens with zero attached hydrogens (tertiary/aromatic N) is 1. The van der Waals surface area contributed by atoms with Crippen molar-refractivity contribution in [2.45, 2.75) is 31.6 Å². The molecular formula is C12H19NO3S2. The molecule has 0 saturated carbocycles. The van der Waals surface area contributed by atoms with Gasteiger partial charge in [-0.3, -0.25) is 0 Å². The molecule has 1 fully saturated rings. The molecular weight excluding hydrogens is 270 g/mol. The number of sulfonamides is 1. The topological polar surface area (TPSA) is 57.6 Å². The van der Waals surface area contributed by atoms with E-state index < -0.39 is 10.0 Å². The summed E-state index contributed by atoms with van der Waals surface area (Å²) in [5, 5.41) is 9.08. The molecule has 0 unspecified atom stereocenters. The second-order valence-corrected chi connectivity index (χ2v) is 8.17. The predicted molar refractivity (Wildman–Crippen MR) is 72.4 cm³/mol. The Labute approximate surface area is 112 Å². The lowest BCUT2D eigenvalue weighted by Gasteiger charge is -2.30. The second-order valence-electron chi connectivity index (χ2n) is 4.81. The maximum absolute atomic E-state index is 12.5. The lowest BCUT2D eigenvalue weighted by atomic mass is 10.00. The van der Waals surface area contributed by atoms with Crippen LogP contribution in [0.2, 0.25) is 0 Å². The van der Waals surface area contributed by atoms with Crippen molar-refractivity contribution < 1.29 is 13.5 Å². The molecule has 0 amide bonds. The van der Waals surface area contributed by atoms with Gasteiger partial charge in [0.2, 0.25) is 10.0 Å². The van der Waals surface area contributed by atoms with Crippen molar-refractivity contribution in [1.82, 2.24) is 4.31 Å². The number of thiophene rings is 1. The summed E-state index contributed by atoms with van der Waals surface area (Å²) in [6, 6.07) is 1.76. The molecule has 0 spiro atoms. The van der Waals surface area contributed by atoms with Crippen LogP contribution in [0.5, 0.6) is 0 Å². The van der Waals surface area contributed by atoms with E-state index in [4.69, 9.17) is 5.11 Å². The molecule has 0 radical (unpaired) electrons. The first-order valence-corrected chi connectivity index (χ1v) is 8.39. The molecule has 1 aromatic rings. The van der Waals surface area contributed by atoms with Crippen LogP contribution in [-0.2, 0) is 10.0 Å². The highest BCUT2D eigenvalue weighted by atomic mass is 32.2. The minimum Gasteiger partial charge on any atom is -0.396 e. The first-order valence-electron chi connectivity index (χ1n) is 6.13. The SMILES string of the molecule is Cc1cc(S(=O)(=O)N2CCC(CO)CC2)c(C)s1. The van der Waals surface area contributed by atoms with Gasteiger partial charge in [0, 0.05) is 29.5 Å². The molecule has 1 N–H and O–H groups in total. The maximum Gasteiger partial charge on any atom is 0.244 e. The van der Waals surface area contributed by atoms with Gasteiger partial charge in [-0.1, -0.05) is 0 Å². The Morgan fingerprint density at radius 2 is 2.00 bits per heavy atom. The van der Waals surface area contributed by atoms with E-state index in [2.05, 4.69) is 0 Å². The largest absolute Gasteiger partial charge is 0.396 e. The van der Waals surface area contributed by atoms with Gasteiger partial charge in [-0.15, -0.1) is 11.3 Å². The molecule has 1 saturated heterocycles. The van der Waals surface area contributed by atoms with E-state index in [9.17, 15) is 8.42 Å². The van der Waals surface area contributed by atoms with E-state index in [1.807, 2.05) is 13.8 Å². The summed E-state index contributed by atoms with van der Waals surface area (Å²) in [5.41, 5.74) is 0. The molecule has 0 bridgehead atoms. The van der Waals surface area contributed by atoms with E-state index in [1.54, 1.807) is 10.4 Å². The van der Waals surface area contributed by atoms with Gasteiger partial charge >= 0.3 is 0 Å². The van der Waals surface area contributed by atoms with Crippen molar-refractivity contribution in [2.24, 2.45) is 5.92 Å². The van der Waals surface area contributed by atoms with E-state index in [1.165, 1.54) is 11.3 Å². The number of aliphatic hydroxyl groups excluding tert-OH is 1. The molecule has 0 atom stereocenters. The highest BCUT2D eigenvalue weighted by molar-refractivity contribution is 7.89. The van der Waals surface area contributed by atoms with Crippen LogP contribution in [0.3, 0.4) is 0 Å². The van der Waals surface area contributed by atoms with Crippen molar-refractivity contribution >= 4 is 21.4 Å². The first kappa shape index (κ1) is 14.0. The van der Waals surface area contributed by atoms with Gasteiger partial charge in [0.15, 0.2) is 0 Å². The zero-order valence-corrected chi connectivity index (χ0v) is 12.4. The van der Waals surface area contributed by atoms with Crippen molar-refractivity contribution in [3.05, 3.63) is 15.8 Å². The minimum atomic E-state index is -3.34. The Morgan fingerprint density at radius 1 is 1.39 bits per heavy atom. The van der Waals surface area contributed by atoms with Crippen LogP contribution in [0, 0.1) is 19.8 Å². The van der Waals surface area contributed by atoms with E-state index in [0.29, 0.717) is 18.0 Å². The van der Waals surface area contributed by atoms with Gasteiger partial charge < -0.3 is 5.11 Å². The molecule has 0 aliphatic carbocycles.